The predicted molar refractivity (Wildman–Crippen MR) is 86.6 cm³/mol. The minimum Gasteiger partial charge on any atom is -0.867 e. The van der Waals surface area contributed by atoms with Crippen LogP contribution in [-0.4, -0.2) is 19.9 Å². The van der Waals surface area contributed by atoms with Gasteiger partial charge in [-0.15, -0.1) is 0 Å². The zero-order valence-electron chi connectivity index (χ0n) is 13.5. The number of carbonyl (C=O) groups is 1. The molecule has 6 heteroatoms. The summed E-state index contributed by atoms with van der Waals surface area (Å²) in [5.41, 5.74) is 0.882. The summed E-state index contributed by atoms with van der Waals surface area (Å²) in [7, 11) is 1.27. The number of benzene rings is 2. The molecule has 0 unspecified atom stereocenters. The molecule has 0 aliphatic carbocycles. The van der Waals surface area contributed by atoms with Gasteiger partial charge < -0.3 is 19.3 Å². The Labute approximate surface area is 143 Å². The maximum Gasteiger partial charge on any atom is 0.402 e. The summed E-state index contributed by atoms with van der Waals surface area (Å²) in [4.78, 5) is 12.2. The molecule has 0 saturated carbocycles. The topological polar surface area (TPSA) is 71.7 Å². The lowest BCUT2D eigenvalue weighted by atomic mass is 10.1. The molecule has 0 atom stereocenters. The Hall–Kier alpha value is -3.28. The monoisotopic (exact) mass is 337 g/mol. The number of pyridine rings is 1. The third-order valence-electron chi connectivity index (χ3n) is 4.17. The Morgan fingerprint density at radius 2 is 2.00 bits per heavy atom. The molecular weight excluding hydrogens is 322 g/mol. The first-order valence-electron chi connectivity index (χ1n) is 7.76. The molecule has 0 spiro atoms. The number of carbonyl (C=O) groups excluding carboxylic acids is 1. The Morgan fingerprint density at radius 3 is 2.84 bits per heavy atom. The number of methoxy groups -OCH3 is 1. The molecule has 0 radical (unpaired) electrons. The Balaban J connectivity index is 1.83. The third-order valence-corrected chi connectivity index (χ3v) is 4.17. The van der Waals surface area contributed by atoms with Crippen molar-refractivity contribution in [2.75, 3.05) is 13.9 Å². The van der Waals surface area contributed by atoms with Crippen LogP contribution in [0.2, 0.25) is 0 Å². The van der Waals surface area contributed by atoms with Gasteiger partial charge in [0.25, 0.3) is 5.69 Å². The van der Waals surface area contributed by atoms with Crippen molar-refractivity contribution in [1.82, 2.24) is 0 Å². The minimum absolute atomic E-state index is 0.00105. The van der Waals surface area contributed by atoms with E-state index in [0.29, 0.717) is 23.4 Å². The highest BCUT2D eigenvalue weighted by molar-refractivity contribution is 5.96. The van der Waals surface area contributed by atoms with Gasteiger partial charge in [0, 0.05) is 10.9 Å². The molecule has 126 valence electrons. The average Bonchev–Trinajstić information content (AvgIpc) is 3.09. The van der Waals surface area contributed by atoms with Crippen molar-refractivity contribution >= 4 is 16.7 Å². The second-order valence-corrected chi connectivity index (χ2v) is 5.70. The number of hydrogen-bond donors (Lipinski definition) is 0. The molecule has 1 aliphatic heterocycles. The zero-order valence-corrected chi connectivity index (χ0v) is 13.5. The lowest BCUT2D eigenvalue weighted by Crippen LogP contribution is -2.42. The molecular formula is C19H15NO5. The number of aromatic nitrogens is 1. The van der Waals surface area contributed by atoms with Gasteiger partial charge in [-0.1, -0.05) is 18.2 Å². The van der Waals surface area contributed by atoms with Crippen molar-refractivity contribution in [3.63, 3.8) is 0 Å². The molecule has 4 rings (SSSR count). The van der Waals surface area contributed by atoms with Gasteiger partial charge in [0.2, 0.25) is 6.79 Å². The normalized spacial score (nSPS) is 12.4. The number of esters is 1. The van der Waals surface area contributed by atoms with Gasteiger partial charge in [-0.05, 0) is 35.4 Å². The fourth-order valence-electron chi connectivity index (χ4n) is 2.97. The van der Waals surface area contributed by atoms with Gasteiger partial charge in [-0.3, -0.25) is 0 Å². The number of ether oxygens (including phenoxy) is 3. The molecule has 25 heavy (non-hydrogen) atoms. The van der Waals surface area contributed by atoms with Crippen molar-refractivity contribution in [1.29, 1.82) is 0 Å². The highest BCUT2D eigenvalue weighted by Gasteiger charge is 2.24. The van der Waals surface area contributed by atoms with Crippen LogP contribution < -0.4 is 19.1 Å². The van der Waals surface area contributed by atoms with E-state index in [1.54, 1.807) is 22.9 Å². The summed E-state index contributed by atoms with van der Waals surface area (Å²) < 4.78 is 17.1. The summed E-state index contributed by atoms with van der Waals surface area (Å²) in [6.45, 7) is 0.529. The van der Waals surface area contributed by atoms with Crippen LogP contribution in [0.4, 0.5) is 0 Å². The fourth-order valence-corrected chi connectivity index (χ4v) is 2.97. The first kappa shape index (κ1) is 15.3. The average molecular weight is 337 g/mol. The Bertz CT molecular complexity index is 983. The second-order valence-electron chi connectivity index (χ2n) is 5.70. The fraction of sp³-hybridized carbons (Fsp3) is 0.158. The number of nitrogens with zero attached hydrogens (tertiary/aromatic N) is 1. The summed E-state index contributed by atoms with van der Waals surface area (Å²) in [5.74, 6) is 0.341. The van der Waals surface area contributed by atoms with E-state index in [2.05, 4.69) is 0 Å². The van der Waals surface area contributed by atoms with Crippen LogP contribution in [0.3, 0.4) is 0 Å². The molecule has 0 fully saturated rings. The van der Waals surface area contributed by atoms with Crippen LogP contribution in [-0.2, 0) is 11.3 Å². The third kappa shape index (κ3) is 2.61. The van der Waals surface area contributed by atoms with Gasteiger partial charge in [-0.25, -0.2) is 4.79 Å². The first-order chi connectivity index (χ1) is 12.2. The predicted octanol–water partition coefficient (Wildman–Crippen LogP) is 1.76. The Morgan fingerprint density at radius 1 is 1.20 bits per heavy atom. The second kappa shape index (κ2) is 5.98. The lowest BCUT2D eigenvalue weighted by Gasteiger charge is -2.14. The Kier molecular flexibility index (Phi) is 3.65. The van der Waals surface area contributed by atoms with Gasteiger partial charge in [0.15, 0.2) is 24.2 Å². The first-order valence-corrected chi connectivity index (χ1v) is 7.76. The molecule has 0 amide bonds. The van der Waals surface area contributed by atoms with E-state index >= 15 is 0 Å². The minimum atomic E-state index is -0.656. The van der Waals surface area contributed by atoms with E-state index in [4.69, 9.17) is 14.2 Å². The van der Waals surface area contributed by atoms with Crippen molar-refractivity contribution in [3.8, 4) is 17.2 Å². The summed E-state index contributed by atoms with van der Waals surface area (Å²) in [6.07, 6.45) is 1.79. The van der Waals surface area contributed by atoms with E-state index in [1.165, 1.54) is 7.11 Å². The van der Waals surface area contributed by atoms with E-state index in [1.807, 2.05) is 30.3 Å². The number of rotatable bonds is 3. The van der Waals surface area contributed by atoms with Gasteiger partial charge >= 0.3 is 5.97 Å². The molecule has 3 aromatic rings. The van der Waals surface area contributed by atoms with Crippen LogP contribution >= 0.6 is 0 Å². The maximum atomic E-state index is 12.8. The van der Waals surface area contributed by atoms with Gasteiger partial charge in [0.05, 0.1) is 7.11 Å². The summed E-state index contributed by atoms with van der Waals surface area (Å²) in [6, 6.07) is 12.7. The molecule has 0 bridgehead atoms. The van der Waals surface area contributed by atoms with Crippen molar-refractivity contribution in [2.45, 2.75) is 6.54 Å². The van der Waals surface area contributed by atoms with Gasteiger partial charge in [-0.2, -0.15) is 4.57 Å². The molecule has 2 aromatic carbocycles. The number of hydrogen-bond acceptors (Lipinski definition) is 5. The van der Waals surface area contributed by atoms with E-state index < -0.39 is 5.97 Å². The van der Waals surface area contributed by atoms with Crippen molar-refractivity contribution in [3.05, 3.63) is 59.9 Å². The van der Waals surface area contributed by atoms with Crippen LogP contribution in [0, 0.1) is 0 Å². The maximum absolute atomic E-state index is 12.8. The van der Waals surface area contributed by atoms with E-state index in [-0.39, 0.29) is 18.2 Å². The molecule has 0 N–H and O–H groups in total. The van der Waals surface area contributed by atoms with Crippen molar-refractivity contribution in [2.24, 2.45) is 0 Å². The van der Waals surface area contributed by atoms with E-state index in [0.717, 1.165) is 10.9 Å². The highest BCUT2D eigenvalue weighted by atomic mass is 16.7. The lowest BCUT2D eigenvalue weighted by molar-refractivity contribution is -0.691. The molecule has 1 aromatic heterocycles. The molecule has 0 saturated heterocycles. The molecule has 1 aliphatic rings. The van der Waals surface area contributed by atoms with Crippen LogP contribution in [0.25, 0.3) is 10.8 Å². The SMILES string of the molecule is COC(=O)c1c([O-])c2ccccc2c[n+]1Cc1ccc2c(c1)OCO2. The van der Waals surface area contributed by atoms with Crippen LogP contribution in [0.1, 0.15) is 16.1 Å². The molecule has 6 nitrogen and oxygen atoms in total. The summed E-state index contributed by atoms with van der Waals surface area (Å²) >= 11 is 0. The number of fused-ring (bicyclic) bond motifs is 2. The largest absolute Gasteiger partial charge is 0.867 e. The van der Waals surface area contributed by atoms with Crippen LogP contribution in [0.15, 0.2) is 48.7 Å². The summed E-state index contributed by atoms with van der Waals surface area (Å²) in [5, 5.41) is 14.0. The standard InChI is InChI=1S/C19H15NO5/c1-23-19(22)17-18(21)14-5-3-2-4-13(14)10-20(17)9-12-6-7-15-16(8-12)25-11-24-15/h2-8,10H,9,11H2,1H3. The smallest absolute Gasteiger partial charge is 0.402 e. The van der Waals surface area contributed by atoms with E-state index in [9.17, 15) is 9.90 Å². The zero-order chi connectivity index (χ0) is 17.4. The molecule has 2 heterocycles. The van der Waals surface area contributed by atoms with Gasteiger partial charge in [0.1, 0.15) is 0 Å². The highest BCUT2D eigenvalue weighted by Crippen LogP contribution is 2.32. The van der Waals surface area contributed by atoms with Crippen LogP contribution in [0.5, 0.6) is 17.2 Å². The van der Waals surface area contributed by atoms with Crippen molar-refractivity contribution < 1.29 is 28.7 Å². The quantitative estimate of drug-likeness (QED) is 0.538.